The monoisotopic (exact) mass is 387 g/mol. The van der Waals surface area contributed by atoms with E-state index in [1.54, 1.807) is 0 Å². The minimum absolute atomic E-state index is 0. The summed E-state index contributed by atoms with van der Waals surface area (Å²) >= 11 is 0. The van der Waals surface area contributed by atoms with E-state index in [2.05, 4.69) is 60.9 Å². The predicted octanol–water partition coefficient (Wildman–Crippen LogP) is 2.07. The summed E-state index contributed by atoms with van der Waals surface area (Å²) in [5.41, 5.74) is 2.30. The van der Waals surface area contributed by atoms with Crippen LogP contribution in [0.25, 0.3) is 11.0 Å². The largest absolute Gasteiger partial charge is 0.330 e. The molecular weight excluding hydrogens is 362 g/mol. The third-order valence-electron chi connectivity index (χ3n) is 5.85. The first-order valence-corrected chi connectivity index (χ1v) is 9.55. The number of fused-ring (bicyclic) bond motifs is 2. The molecule has 5 rings (SSSR count). The van der Waals surface area contributed by atoms with Gasteiger partial charge >= 0.3 is 0 Å². The number of aromatic nitrogens is 5. The predicted molar refractivity (Wildman–Crippen MR) is 107 cm³/mol. The highest BCUT2D eigenvalue weighted by atomic mass is 35.5. The van der Waals surface area contributed by atoms with Gasteiger partial charge in [-0.3, -0.25) is 4.90 Å². The molecule has 2 aliphatic heterocycles. The Balaban J connectivity index is 0.00000180. The van der Waals surface area contributed by atoms with Crippen molar-refractivity contribution in [2.24, 2.45) is 7.05 Å². The van der Waals surface area contributed by atoms with E-state index < -0.39 is 0 Å². The molecule has 0 saturated carbocycles. The number of benzene rings is 1. The van der Waals surface area contributed by atoms with Crippen LogP contribution in [0.3, 0.4) is 0 Å². The summed E-state index contributed by atoms with van der Waals surface area (Å²) in [7, 11) is 2.12. The third-order valence-corrected chi connectivity index (χ3v) is 5.85. The number of para-hydroxylation sites is 2. The van der Waals surface area contributed by atoms with Crippen LogP contribution in [0.15, 0.2) is 24.3 Å². The average Bonchev–Trinajstić information content (AvgIpc) is 3.25. The Bertz CT molecular complexity index is 923. The Morgan fingerprint density at radius 1 is 1.11 bits per heavy atom. The Labute approximate surface area is 165 Å². The first-order chi connectivity index (χ1) is 12.8. The van der Waals surface area contributed by atoms with Gasteiger partial charge in [0.05, 0.1) is 24.1 Å². The second-order valence-electron chi connectivity index (χ2n) is 7.43. The molecule has 2 aromatic heterocycles. The second-order valence-corrected chi connectivity index (χ2v) is 7.43. The van der Waals surface area contributed by atoms with E-state index in [1.807, 2.05) is 0 Å². The van der Waals surface area contributed by atoms with Gasteiger partial charge in [-0.05, 0) is 38.1 Å². The highest BCUT2D eigenvalue weighted by Crippen LogP contribution is 2.28. The zero-order valence-electron chi connectivity index (χ0n) is 15.6. The Kier molecular flexibility index (Phi) is 5.16. The van der Waals surface area contributed by atoms with E-state index in [1.165, 1.54) is 11.3 Å². The molecule has 1 saturated heterocycles. The molecule has 27 heavy (non-hydrogen) atoms. The number of hydrogen-bond donors (Lipinski definition) is 1. The molecular formula is C19H26ClN7. The van der Waals surface area contributed by atoms with Gasteiger partial charge in [0.25, 0.3) is 0 Å². The van der Waals surface area contributed by atoms with Gasteiger partial charge in [-0.2, -0.15) is 0 Å². The lowest BCUT2D eigenvalue weighted by molar-refractivity contribution is 0.194. The van der Waals surface area contributed by atoms with Gasteiger partial charge in [0.1, 0.15) is 17.5 Å². The highest BCUT2D eigenvalue weighted by Gasteiger charge is 2.27. The topological polar surface area (TPSA) is 63.8 Å². The number of nitrogens with one attached hydrogen (secondary N) is 1. The minimum Gasteiger partial charge on any atom is -0.330 e. The van der Waals surface area contributed by atoms with Gasteiger partial charge in [0, 0.05) is 26.1 Å². The van der Waals surface area contributed by atoms with Gasteiger partial charge in [-0.25, -0.2) is 4.98 Å². The highest BCUT2D eigenvalue weighted by molar-refractivity contribution is 5.85. The van der Waals surface area contributed by atoms with E-state index in [-0.39, 0.29) is 12.4 Å². The van der Waals surface area contributed by atoms with Crippen LogP contribution in [0.2, 0.25) is 0 Å². The van der Waals surface area contributed by atoms with Crippen molar-refractivity contribution in [2.45, 2.75) is 38.4 Å². The number of nitrogens with zero attached hydrogens (tertiary/aromatic N) is 6. The van der Waals surface area contributed by atoms with Crippen LogP contribution >= 0.6 is 12.4 Å². The first kappa shape index (κ1) is 18.4. The molecule has 3 aromatic rings. The van der Waals surface area contributed by atoms with Gasteiger partial charge < -0.3 is 14.5 Å². The van der Waals surface area contributed by atoms with E-state index in [9.17, 15) is 0 Å². The smallest absolute Gasteiger partial charge is 0.147 e. The van der Waals surface area contributed by atoms with E-state index in [0.29, 0.717) is 5.92 Å². The number of aryl methyl sites for hydroxylation is 1. The van der Waals surface area contributed by atoms with Crippen molar-refractivity contribution in [1.29, 1.82) is 0 Å². The summed E-state index contributed by atoms with van der Waals surface area (Å²) in [6.07, 6.45) is 2.30. The van der Waals surface area contributed by atoms with Gasteiger partial charge in [0.15, 0.2) is 0 Å². The number of piperidine rings is 1. The van der Waals surface area contributed by atoms with E-state index >= 15 is 0 Å². The summed E-state index contributed by atoms with van der Waals surface area (Å²) in [4.78, 5) is 7.34. The normalized spacial score (nSPS) is 18.4. The Morgan fingerprint density at radius 3 is 2.74 bits per heavy atom. The van der Waals surface area contributed by atoms with E-state index in [0.717, 1.165) is 69.3 Å². The van der Waals surface area contributed by atoms with Crippen LogP contribution in [-0.2, 0) is 26.7 Å². The summed E-state index contributed by atoms with van der Waals surface area (Å²) < 4.78 is 4.56. The van der Waals surface area contributed by atoms with Crippen molar-refractivity contribution < 1.29 is 0 Å². The van der Waals surface area contributed by atoms with Crippen LogP contribution in [0.1, 0.15) is 36.2 Å². The number of halogens is 1. The summed E-state index contributed by atoms with van der Waals surface area (Å²) in [6, 6.07) is 8.36. The van der Waals surface area contributed by atoms with Crippen molar-refractivity contribution in [3.8, 4) is 0 Å². The van der Waals surface area contributed by atoms with Crippen LogP contribution in [0.4, 0.5) is 0 Å². The standard InChI is InChI=1S/C19H25N7.ClH/c1-24-16-5-3-2-4-15(16)21-18(24)13-25-9-6-14(7-10-25)19-23-22-17-12-20-8-11-26(17)19;/h2-5,14,20H,6-13H2,1H3;1H. The number of rotatable bonds is 3. The SMILES string of the molecule is Cl.Cn1c(CN2CCC(c3nnc4n3CCNC4)CC2)nc2ccccc21. The summed E-state index contributed by atoms with van der Waals surface area (Å²) in [5, 5.41) is 12.3. The Hall–Kier alpha value is -1.96. The lowest BCUT2D eigenvalue weighted by Gasteiger charge is -2.31. The molecule has 144 valence electrons. The molecule has 1 N–H and O–H groups in total. The summed E-state index contributed by atoms with van der Waals surface area (Å²) in [6.45, 7) is 5.96. The third kappa shape index (κ3) is 3.35. The fraction of sp³-hybridized carbons (Fsp3) is 0.526. The quantitative estimate of drug-likeness (QED) is 0.745. The lowest BCUT2D eigenvalue weighted by Crippen LogP contribution is -2.35. The molecule has 0 radical (unpaired) electrons. The maximum absolute atomic E-state index is 4.82. The number of hydrogen-bond acceptors (Lipinski definition) is 5. The van der Waals surface area contributed by atoms with Crippen molar-refractivity contribution in [1.82, 2.24) is 34.5 Å². The molecule has 2 aliphatic rings. The fourth-order valence-electron chi connectivity index (χ4n) is 4.30. The number of imidazole rings is 1. The molecule has 1 aromatic carbocycles. The lowest BCUT2D eigenvalue weighted by atomic mass is 9.95. The molecule has 0 unspecified atom stereocenters. The van der Waals surface area contributed by atoms with Gasteiger partial charge in [0.2, 0.25) is 0 Å². The van der Waals surface area contributed by atoms with Crippen LogP contribution < -0.4 is 5.32 Å². The first-order valence-electron chi connectivity index (χ1n) is 9.55. The average molecular weight is 388 g/mol. The molecule has 0 aliphatic carbocycles. The maximum Gasteiger partial charge on any atom is 0.147 e. The van der Waals surface area contributed by atoms with Gasteiger partial charge in [-0.1, -0.05) is 12.1 Å². The van der Waals surface area contributed by atoms with Crippen LogP contribution in [-0.4, -0.2) is 48.8 Å². The van der Waals surface area contributed by atoms with Gasteiger partial charge in [-0.15, -0.1) is 22.6 Å². The fourth-order valence-corrected chi connectivity index (χ4v) is 4.30. The molecule has 8 heteroatoms. The zero-order valence-corrected chi connectivity index (χ0v) is 16.5. The molecule has 4 heterocycles. The molecule has 0 atom stereocenters. The van der Waals surface area contributed by atoms with Crippen molar-refractivity contribution >= 4 is 23.4 Å². The van der Waals surface area contributed by atoms with Crippen LogP contribution in [0, 0.1) is 0 Å². The molecule has 0 bridgehead atoms. The second kappa shape index (κ2) is 7.58. The number of likely N-dealkylation sites (tertiary alicyclic amines) is 1. The minimum atomic E-state index is 0. The molecule has 1 fully saturated rings. The Morgan fingerprint density at radius 2 is 1.93 bits per heavy atom. The summed E-state index contributed by atoms with van der Waals surface area (Å²) in [5.74, 6) is 3.97. The van der Waals surface area contributed by atoms with E-state index in [4.69, 9.17) is 4.98 Å². The van der Waals surface area contributed by atoms with Crippen molar-refractivity contribution in [3.05, 3.63) is 41.7 Å². The zero-order chi connectivity index (χ0) is 17.5. The molecule has 7 nitrogen and oxygen atoms in total. The van der Waals surface area contributed by atoms with Crippen molar-refractivity contribution in [2.75, 3.05) is 19.6 Å². The molecule has 0 spiro atoms. The van der Waals surface area contributed by atoms with Crippen LogP contribution in [0.5, 0.6) is 0 Å². The maximum atomic E-state index is 4.82. The van der Waals surface area contributed by atoms with Crippen molar-refractivity contribution in [3.63, 3.8) is 0 Å². The molecule has 0 amide bonds.